The summed E-state index contributed by atoms with van der Waals surface area (Å²) in [5.41, 5.74) is 3.74. The van der Waals surface area contributed by atoms with Gasteiger partial charge in [-0.15, -0.1) is 0 Å². The van der Waals surface area contributed by atoms with E-state index in [2.05, 4.69) is 13.8 Å². The van der Waals surface area contributed by atoms with Crippen molar-refractivity contribution in [1.29, 1.82) is 0 Å². The molecule has 0 atom stereocenters. The normalized spacial score (nSPS) is 15.9. The number of hydrogen-bond acceptors (Lipinski definition) is 6. The van der Waals surface area contributed by atoms with Gasteiger partial charge in [0.25, 0.3) is 11.6 Å². The number of anilines is 1. The first kappa shape index (κ1) is 23.3. The van der Waals surface area contributed by atoms with Gasteiger partial charge in [0, 0.05) is 17.7 Å². The molecule has 3 aromatic carbocycles. The fourth-order valence-corrected chi connectivity index (χ4v) is 4.48. The van der Waals surface area contributed by atoms with E-state index in [1.54, 1.807) is 0 Å². The van der Waals surface area contributed by atoms with Crippen LogP contribution in [0.25, 0.3) is 6.08 Å². The van der Waals surface area contributed by atoms with Crippen LogP contribution >= 0.6 is 11.8 Å². The average molecular weight is 474 g/mol. The smallest absolute Gasteiger partial charge is 0.271 e. The van der Waals surface area contributed by atoms with E-state index in [0.29, 0.717) is 21.4 Å². The summed E-state index contributed by atoms with van der Waals surface area (Å²) in [6, 6.07) is 19.2. The maximum absolute atomic E-state index is 13.4. The minimum absolute atomic E-state index is 0.147. The van der Waals surface area contributed by atoms with Crippen LogP contribution < -0.4 is 4.90 Å². The number of aromatic hydroxyl groups is 1. The van der Waals surface area contributed by atoms with E-state index in [1.807, 2.05) is 48.5 Å². The summed E-state index contributed by atoms with van der Waals surface area (Å²) in [4.78, 5) is 30.6. The van der Waals surface area contributed by atoms with Crippen molar-refractivity contribution >= 4 is 46.0 Å². The molecule has 0 unspecified atom stereocenters. The molecule has 7 nitrogen and oxygen atoms in total. The van der Waals surface area contributed by atoms with Crippen LogP contribution in [0.2, 0.25) is 0 Å². The summed E-state index contributed by atoms with van der Waals surface area (Å²) in [6.45, 7) is 4.14. The van der Waals surface area contributed by atoms with Crippen molar-refractivity contribution in [3.8, 4) is 5.75 Å². The highest BCUT2D eigenvalue weighted by Crippen LogP contribution is 2.38. The largest absolute Gasteiger partial charge is 0.507 e. The zero-order valence-corrected chi connectivity index (χ0v) is 19.6. The number of nitro benzene ring substituents is 1. The average Bonchev–Trinajstić information content (AvgIpc) is 3.15. The maximum Gasteiger partial charge on any atom is 0.271 e. The van der Waals surface area contributed by atoms with Crippen molar-refractivity contribution in [2.75, 3.05) is 4.90 Å². The number of phenolic OH excluding ortho intramolecular Hbond substituents is 1. The third kappa shape index (κ3) is 4.87. The van der Waals surface area contributed by atoms with Gasteiger partial charge in [-0.2, -0.15) is 0 Å². The highest BCUT2D eigenvalue weighted by atomic mass is 32.2. The van der Waals surface area contributed by atoms with Gasteiger partial charge in [-0.3, -0.25) is 19.8 Å². The van der Waals surface area contributed by atoms with E-state index in [1.165, 1.54) is 34.7 Å². The lowest BCUT2D eigenvalue weighted by atomic mass is 10.1. The van der Waals surface area contributed by atoms with Gasteiger partial charge in [0.05, 0.1) is 21.2 Å². The number of amides is 1. The molecule has 1 aliphatic heterocycles. The van der Waals surface area contributed by atoms with Gasteiger partial charge in [-0.05, 0) is 72.1 Å². The number of amidine groups is 1. The molecule has 1 aliphatic rings. The predicted octanol–water partition coefficient (Wildman–Crippen LogP) is 6.23. The number of phenols is 1. The Labute approximate surface area is 201 Å². The van der Waals surface area contributed by atoms with Gasteiger partial charge in [0.2, 0.25) is 0 Å². The number of benzene rings is 3. The highest BCUT2D eigenvalue weighted by Gasteiger charge is 2.35. The number of hydrogen-bond donors (Lipinski definition) is 1. The van der Waals surface area contributed by atoms with Gasteiger partial charge in [-0.25, -0.2) is 4.99 Å². The fourth-order valence-electron chi connectivity index (χ4n) is 3.49. The molecule has 0 aliphatic carbocycles. The van der Waals surface area contributed by atoms with E-state index in [4.69, 9.17) is 4.99 Å². The summed E-state index contributed by atoms with van der Waals surface area (Å²) in [5, 5.41) is 21.9. The van der Waals surface area contributed by atoms with E-state index in [9.17, 15) is 20.0 Å². The molecule has 0 aromatic heterocycles. The SMILES string of the molecule is CCc1ccc(N=C2S/C(=C\c3cc([N+](=O)[O-])ccc3O)C(=O)N2c2ccc(CC)cc2)cc1. The molecular weight excluding hydrogens is 450 g/mol. The lowest BCUT2D eigenvalue weighted by Crippen LogP contribution is -2.28. The Balaban J connectivity index is 1.78. The van der Waals surface area contributed by atoms with Crippen LogP contribution in [0.3, 0.4) is 0 Å². The number of carbonyl (C=O) groups excluding carboxylic acids is 1. The fraction of sp³-hybridized carbons (Fsp3) is 0.154. The summed E-state index contributed by atoms with van der Waals surface area (Å²) in [6.07, 6.45) is 3.26. The molecule has 0 bridgehead atoms. The second-order valence-electron chi connectivity index (χ2n) is 7.69. The van der Waals surface area contributed by atoms with E-state index >= 15 is 0 Å². The minimum Gasteiger partial charge on any atom is -0.507 e. The quantitative estimate of drug-likeness (QED) is 0.260. The predicted molar refractivity (Wildman–Crippen MR) is 137 cm³/mol. The zero-order chi connectivity index (χ0) is 24.2. The first-order valence-corrected chi connectivity index (χ1v) is 11.7. The van der Waals surface area contributed by atoms with Crippen LogP contribution in [0.4, 0.5) is 17.1 Å². The molecular formula is C26H23N3O4S. The van der Waals surface area contributed by atoms with Crippen molar-refractivity contribution < 1.29 is 14.8 Å². The molecule has 1 heterocycles. The van der Waals surface area contributed by atoms with Gasteiger partial charge >= 0.3 is 0 Å². The Morgan fingerprint density at radius 1 is 1.00 bits per heavy atom. The lowest BCUT2D eigenvalue weighted by Gasteiger charge is -2.16. The van der Waals surface area contributed by atoms with Gasteiger partial charge < -0.3 is 5.11 Å². The first-order valence-electron chi connectivity index (χ1n) is 10.9. The Morgan fingerprint density at radius 3 is 2.21 bits per heavy atom. The molecule has 1 saturated heterocycles. The van der Waals surface area contributed by atoms with E-state index < -0.39 is 4.92 Å². The molecule has 3 aromatic rings. The number of aliphatic imine (C=N–C) groups is 1. The number of thioether (sulfide) groups is 1. The number of rotatable bonds is 6. The summed E-state index contributed by atoms with van der Waals surface area (Å²) in [7, 11) is 0. The van der Waals surface area contributed by atoms with Crippen molar-refractivity contribution in [1.82, 2.24) is 0 Å². The van der Waals surface area contributed by atoms with Gasteiger partial charge in [0.15, 0.2) is 5.17 Å². The van der Waals surface area contributed by atoms with Crippen molar-refractivity contribution in [2.45, 2.75) is 26.7 Å². The van der Waals surface area contributed by atoms with Gasteiger partial charge in [-0.1, -0.05) is 38.1 Å². The maximum atomic E-state index is 13.4. The first-order chi connectivity index (χ1) is 16.4. The minimum atomic E-state index is -0.542. The molecule has 8 heteroatoms. The van der Waals surface area contributed by atoms with Crippen molar-refractivity contribution in [3.63, 3.8) is 0 Å². The number of non-ortho nitro benzene ring substituents is 1. The Hall–Kier alpha value is -3.91. The van der Waals surface area contributed by atoms with Crippen LogP contribution in [0.1, 0.15) is 30.5 Å². The van der Waals surface area contributed by atoms with Crippen molar-refractivity contribution in [2.24, 2.45) is 4.99 Å². The van der Waals surface area contributed by atoms with Crippen LogP contribution in [-0.2, 0) is 17.6 Å². The molecule has 1 fully saturated rings. The lowest BCUT2D eigenvalue weighted by molar-refractivity contribution is -0.384. The highest BCUT2D eigenvalue weighted by molar-refractivity contribution is 8.19. The topological polar surface area (TPSA) is 96.0 Å². The molecule has 0 spiro atoms. The van der Waals surface area contributed by atoms with E-state index in [-0.39, 0.29) is 22.9 Å². The Morgan fingerprint density at radius 2 is 1.62 bits per heavy atom. The van der Waals surface area contributed by atoms with Crippen LogP contribution in [0.15, 0.2) is 76.6 Å². The van der Waals surface area contributed by atoms with Crippen LogP contribution in [-0.4, -0.2) is 21.1 Å². The zero-order valence-electron chi connectivity index (χ0n) is 18.8. The molecule has 172 valence electrons. The molecule has 0 saturated carbocycles. The Bertz CT molecular complexity index is 1300. The van der Waals surface area contributed by atoms with Crippen molar-refractivity contribution in [3.05, 3.63) is 98.4 Å². The number of nitrogens with zero attached hydrogens (tertiary/aromatic N) is 3. The van der Waals surface area contributed by atoms with Gasteiger partial charge in [0.1, 0.15) is 5.75 Å². The Kier molecular flexibility index (Phi) is 6.79. The second-order valence-corrected chi connectivity index (χ2v) is 8.69. The molecule has 4 rings (SSSR count). The monoisotopic (exact) mass is 473 g/mol. The number of aryl methyl sites for hydroxylation is 2. The molecule has 34 heavy (non-hydrogen) atoms. The summed E-state index contributed by atoms with van der Waals surface area (Å²) < 4.78 is 0. The standard InChI is InChI=1S/C26H23N3O4S/c1-3-17-5-9-20(10-6-17)27-26-28(21-11-7-18(4-2)8-12-21)25(31)24(34-26)16-19-15-22(29(32)33)13-14-23(19)30/h5-16,30H,3-4H2,1-2H3/b24-16-,27-26?. The summed E-state index contributed by atoms with van der Waals surface area (Å²) >= 11 is 1.16. The van der Waals surface area contributed by atoms with Crippen LogP contribution in [0.5, 0.6) is 5.75 Å². The molecule has 0 radical (unpaired) electrons. The second kappa shape index (κ2) is 9.93. The van der Waals surface area contributed by atoms with E-state index in [0.717, 1.165) is 30.2 Å². The molecule has 1 N–H and O–H groups in total. The number of carbonyl (C=O) groups is 1. The third-order valence-corrected chi connectivity index (χ3v) is 6.46. The summed E-state index contributed by atoms with van der Waals surface area (Å²) in [5.74, 6) is -0.463. The molecule has 1 amide bonds. The van der Waals surface area contributed by atoms with Crippen LogP contribution in [0, 0.1) is 10.1 Å². The number of nitro groups is 1. The third-order valence-electron chi connectivity index (χ3n) is 5.49.